The second-order valence-corrected chi connectivity index (χ2v) is 3.76. The number of nitrogens with zero attached hydrogens (tertiary/aromatic N) is 2. The van der Waals surface area contributed by atoms with Crippen LogP contribution in [0.15, 0.2) is 35.3 Å². The molecule has 16 heavy (non-hydrogen) atoms. The minimum atomic E-state index is 0.714. The molecule has 4 heteroatoms. The maximum Gasteiger partial charge on any atom is 0.198 e. The molecule has 0 saturated carbocycles. The Morgan fingerprint density at radius 2 is 2.12 bits per heavy atom. The van der Waals surface area contributed by atoms with Crippen LogP contribution in [0.3, 0.4) is 0 Å². The van der Waals surface area contributed by atoms with Crippen LogP contribution in [0, 0.1) is 0 Å². The zero-order valence-corrected chi connectivity index (χ0v) is 9.39. The summed E-state index contributed by atoms with van der Waals surface area (Å²) in [5, 5.41) is 3.33. The first-order valence-electron chi connectivity index (χ1n) is 5.73. The van der Waals surface area contributed by atoms with Gasteiger partial charge in [0, 0.05) is 18.8 Å². The van der Waals surface area contributed by atoms with E-state index in [4.69, 9.17) is 5.73 Å². The van der Waals surface area contributed by atoms with Crippen LogP contribution in [0.2, 0.25) is 0 Å². The molecular weight excluding hydrogens is 200 g/mol. The van der Waals surface area contributed by atoms with E-state index in [9.17, 15) is 0 Å². The Morgan fingerprint density at radius 3 is 2.88 bits per heavy atom. The Balaban J connectivity index is 1.98. The second-order valence-electron chi connectivity index (χ2n) is 3.76. The van der Waals surface area contributed by atoms with Crippen LogP contribution < -0.4 is 16.0 Å². The average molecular weight is 218 g/mol. The number of hydrogen-bond donors (Lipinski definition) is 2. The molecule has 0 amide bonds. The molecule has 0 aliphatic carbocycles. The lowest BCUT2D eigenvalue weighted by atomic mass is 10.3. The summed E-state index contributed by atoms with van der Waals surface area (Å²) < 4.78 is 0. The smallest absolute Gasteiger partial charge is 0.198 e. The highest BCUT2D eigenvalue weighted by Gasteiger charge is 2.17. The predicted octanol–water partition coefficient (Wildman–Crippen LogP) is 0.801. The van der Waals surface area contributed by atoms with Gasteiger partial charge in [0.15, 0.2) is 5.96 Å². The fourth-order valence-electron chi connectivity index (χ4n) is 1.76. The summed E-state index contributed by atoms with van der Waals surface area (Å²) in [6.45, 7) is 3.42. The van der Waals surface area contributed by atoms with Gasteiger partial charge in [-0.25, -0.2) is 0 Å². The minimum Gasteiger partial charge on any atom is -0.356 e. The van der Waals surface area contributed by atoms with Crippen molar-refractivity contribution < 1.29 is 0 Å². The molecule has 0 spiro atoms. The van der Waals surface area contributed by atoms with E-state index in [0.717, 1.165) is 32.0 Å². The number of anilines is 1. The molecule has 2 rings (SSSR count). The number of rotatable bonds is 4. The van der Waals surface area contributed by atoms with Crippen molar-refractivity contribution in [3.63, 3.8) is 0 Å². The van der Waals surface area contributed by atoms with Gasteiger partial charge >= 0.3 is 0 Å². The Morgan fingerprint density at radius 1 is 1.31 bits per heavy atom. The maximum absolute atomic E-state index is 5.47. The average Bonchev–Trinajstić information content (AvgIpc) is 2.79. The molecule has 1 aliphatic heterocycles. The van der Waals surface area contributed by atoms with Crippen molar-refractivity contribution >= 4 is 11.6 Å². The lowest BCUT2D eigenvalue weighted by Gasteiger charge is -2.21. The van der Waals surface area contributed by atoms with Crippen molar-refractivity contribution in [1.29, 1.82) is 0 Å². The van der Waals surface area contributed by atoms with Crippen LogP contribution in [0.4, 0.5) is 5.69 Å². The highest BCUT2D eigenvalue weighted by Crippen LogP contribution is 2.15. The van der Waals surface area contributed by atoms with Gasteiger partial charge in [0.25, 0.3) is 0 Å². The van der Waals surface area contributed by atoms with Gasteiger partial charge in [0.1, 0.15) is 0 Å². The zero-order chi connectivity index (χ0) is 11.2. The number of nitrogens with two attached hydrogens (primary N) is 1. The number of aliphatic imine (C=N–C) groups is 1. The third kappa shape index (κ3) is 2.52. The summed E-state index contributed by atoms with van der Waals surface area (Å²) in [6, 6.07) is 10.3. The third-order valence-electron chi connectivity index (χ3n) is 2.57. The van der Waals surface area contributed by atoms with Crippen molar-refractivity contribution in [2.45, 2.75) is 6.42 Å². The van der Waals surface area contributed by atoms with E-state index in [1.165, 1.54) is 5.69 Å². The molecule has 0 saturated heterocycles. The van der Waals surface area contributed by atoms with E-state index in [1.54, 1.807) is 0 Å². The van der Waals surface area contributed by atoms with Gasteiger partial charge in [0.2, 0.25) is 0 Å². The number of para-hydroxylation sites is 1. The van der Waals surface area contributed by atoms with Gasteiger partial charge in [-0.3, -0.25) is 4.99 Å². The normalized spacial score (nSPS) is 15.1. The lowest BCUT2D eigenvalue weighted by Crippen LogP contribution is -2.39. The summed E-state index contributed by atoms with van der Waals surface area (Å²) in [5.74, 6) is 0.972. The molecule has 4 nitrogen and oxygen atoms in total. The molecule has 0 fully saturated rings. The van der Waals surface area contributed by atoms with Gasteiger partial charge in [-0.05, 0) is 25.1 Å². The second kappa shape index (κ2) is 5.51. The summed E-state index contributed by atoms with van der Waals surface area (Å²) >= 11 is 0. The van der Waals surface area contributed by atoms with Gasteiger partial charge in [-0.15, -0.1) is 0 Å². The highest BCUT2D eigenvalue weighted by atomic mass is 15.3. The summed E-state index contributed by atoms with van der Waals surface area (Å²) in [4.78, 5) is 6.66. The molecule has 86 valence electrons. The first-order chi connectivity index (χ1) is 7.92. The summed E-state index contributed by atoms with van der Waals surface area (Å²) in [7, 11) is 0. The number of benzene rings is 1. The van der Waals surface area contributed by atoms with Crippen LogP contribution in [-0.4, -0.2) is 32.1 Å². The van der Waals surface area contributed by atoms with E-state index in [1.807, 2.05) is 18.2 Å². The molecule has 1 aromatic carbocycles. The molecule has 1 aromatic rings. The number of nitrogens with one attached hydrogen (secondary N) is 1. The van der Waals surface area contributed by atoms with Crippen LogP contribution in [0.5, 0.6) is 0 Å². The van der Waals surface area contributed by atoms with Crippen LogP contribution in [0.1, 0.15) is 6.42 Å². The molecule has 3 N–H and O–H groups in total. The highest BCUT2D eigenvalue weighted by molar-refractivity contribution is 5.97. The van der Waals surface area contributed by atoms with Crippen molar-refractivity contribution in [3.05, 3.63) is 30.3 Å². The molecule has 0 atom stereocenters. The predicted molar refractivity (Wildman–Crippen MR) is 67.8 cm³/mol. The van der Waals surface area contributed by atoms with E-state index >= 15 is 0 Å². The van der Waals surface area contributed by atoms with Gasteiger partial charge in [-0.2, -0.15) is 0 Å². The molecule has 0 unspecified atom stereocenters. The van der Waals surface area contributed by atoms with Crippen LogP contribution >= 0.6 is 0 Å². The van der Waals surface area contributed by atoms with E-state index in [2.05, 4.69) is 27.3 Å². The first kappa shape index (κ1) is 11.0. The minimum absolute atomic E-state index is 0.714. The third-order valence-corrected chi connectivity index (χ3v) is 2.57. The maximum atomic E-state index is 5.47. The van der Waals surface area contributed by atoms with E-state index in [0.29, 0.717) is 6.54 Å². The SMILES string of the molecule is NCCCNC1=NCCN1c1ccccc1. The largest absolute Gasteiger partial charge is 0.356 e. The summed E-state index contributed by atoms with van der Waals surface area (Å²) in [6.07, 6.45) is 0.974. The van der Waals surface area contributed by atoms with Crippen molar-refractivity contribution in [3.8, 4) is 0 Å². The quantitative estimate of drug-likeness (QED) is 0.735. The fraction of sp³-hybridized carbons (Fsp3) is 0.417. The molecule has 0 aromatic heterocycles. The Bertz CT molecular complexity index is 347. The number of guanidine groups is 1. The molecule has 0 bridgehead atoms. The number of hydrogen-bond acceptors (Lipinski definition) is 4. The lowest BCUT2D eigenvalue weighted by molar-refractivity contribution is 0.777. The van der Waals surface area contributed by atoms with Gasteiger partial charge in [0.05, 0.1) is 6.54 Å². The van der Waals surface area contributed by atoms with Crippen molar-refractivity contribution in [2.24, 2.45) is 10.7 Å². The summed E-state index contributed by atoms with van der Waals surface area (Å²) in [5.41, 5.74) is 6.66. The van der Waals surface area contributed by atoms with Gasteiger partial charge < -0.3 is 16.0 Å². The fourth-order valence-corrected chi connectivity index (χ4v) is 1.76. The Labute approximate surface area is 96.2 Å². The van der Waals surface area contributed by atoms with E-state index < -0.39 is 0 Å². The van der Waals surface area contributed by atoms with Gasteiger partial charge in [-0.1, -0.05) is 18.2 Å². The van der Waals surface area contributed by atoms with Crippen molar-refractivity contribution in [1.82, 2.24) is 5.32 Å². The molecule has 1 aliphatic rings. The molecule has 0 radical (unpaired) electrons. The Kier molecular flexibility index (Phi) is 3.77. The zero-order valence-electron chi connectivity index (χ0n) is 9.39. The van der Waals surface area contributed by atoms with E-state index in [-0.39, 0.29) is 0 Å². The monoisotopic (exact) mass is 218 g/mol. The first-order valence-corrected chi connectivity index (χ1v) is 5.73. The topological polar surface area (TPSA) is 53.6 Å². The standard InChI is InChI=1S/C12H18N4/c13-7-4-8-14-12-15-9-10-16(12)11-5-2-1-3-6-11/h1-3,5-6H,4,7-10,13H2,(H,14,15). The molecule has 1 heterocycles. The van der Waals surface area contributed by atoms with Crippen molar-refractivity contribution in [2.75, 3.05) is 31.1 Å². The van der Waals surface area contributed by atoms with Crippen LogP contribution in [-0.2, 0) is 0 Å². The Hall–Kier alpha value is -1.55. The van der Waals surface area contributed by atoms with Crippen LogP contribution in [0.25, 0.3) is 0 Å². The molecular formula is C12H18N4.